The largest absolute Gasteiger partial charge is 0.508 e. The number of hydrogen-bond donors (Lipinski definition) is 2. The highest BCUT2D eigenvalue weighted by Gasteiger charge is 2.10. The SMILES string of the molecule is O=C(Nc1cccc(SCc2cc3ccc(O)cc3oc2=O)c1)c1ccc2ccccc2c1. The molecule has 1 heterocycles. The second-order valence-corrected chi connectivity index (χ2v) is 8.66. The van der Waals surface area contributed by atoms with Crippen molar-refractivity contribution < 1.29 is 14.3 Å². The first-order valence-corrected chi connectivity index (χ1v) is 11.3. The monoisotopic (exact) mass is 453 g/mol. The van der Waals surface area contributed by atoms with Crippen LogP contribution in [-0.4, -0.2) is 11.0 Å². The van der Waals surface area contributed by atoms with Crippen LogP contribution in [0, 0.1) is 0 Å². The first-order valence-electron chi connectivity index (χ1n) is 10.3. The Labute approximate surface area is 193 Å². The molecule has 0 atom stereocenters. The molecule has 0 bridgehead atoms. The van der Waals surface area contributed by atoms with Gasteiger partial charge >= 0.3 is 5.63 Å². The molecule has 0 unspecified atom stereocenters. The van der Waals surface area contributed by atoms with Crippen molar-refractivity contribution in [2.45, 2.75) is 10.6 Å². The second kappa shape index (κ2) is 8.84. The number of hydrogen-bond acceptors (Lipinski definition) is 5. The summed E-state index contributed by atoms with van der Waals surface area (Å²) >= 11 is 1.48. The lowest BCUT2D eigenvalue weighted by Crippen LogP contribution is -2.11. The highest BCUT2D eigenvalue weighted by molar-refractivity contribution is 7.98. The van der Waals surface area contributed by atoms with Crippen LogP contribution in [0.1, 0.15) is 15.9 Å². The van der Waals surface area contributed by atoms with E-state index >= 15 is 0 Å². The molecule has 6 heteroatoms. The van der Waals surface area contributed by atoms with Crippen molar-refractivity contribution in [3.8, 4) is 5.75 Å². The molecule has 0 fully saturated rings. The van der Waals surface area contributed by atoms with E-state index in [2.05, 4.69) is 5.32 Å². The van der Waals surface area contributed by atoms with E-state index < -0.39 is 5.63 Å². The van der Waals surface area contributed by atoms with E-state index in [-0.39, 0.29) is 11.7 Å². The number of anilines is 1. The van der Waals surface area contributed by atoms with Gasteiger partial charge in [-0.25, -0.2) is 4.79 Å². The third-order valence-corrected chi connectivity index (χ3v) is 6.33. The molecule has 4 aromatic carbocycles. The van der Waals surface area contributed by atoms with Crippen LogP contribution >= 0.6 is 11.8 Å². The number of phenolic OH excluding ortho intramolecular Hbond substituents is 1. The molecule has 0 aliphatic carbocycles. The van der Waals surface area contributed by atoms with E-state index in [4.69, 9.17) is 4.42 Å². The smallest absolute Gasteiger partial charge is 0.340 e. The number of carbonyl (C=O) groups is 1. The predicted octanol–water partition coefficient (Wildman–Crippen LogP) is 6.20. The van der Waals surface area contributed by atoms with Crippen LogP contribution in [0.4, 0.5) is 5.69 Å². The maximum Gasteiger partial charge on any atom is 0.340 e. The van der Waals surface area contributed by atoms with Gasteiger partial charge in [0.2, 0.25) is 0 Å². The van der Waals surface area contributed by atoms with Crippen molar-refractivity contribution in [1.82, 2.24) is 0 Å². The topological polar surface area (TPSA) is 79.5 Å². The maximum atomic E-state index is 12.8. The number of benzene rings is 4. The molecular formula is C27H19NO4S. The van der Waals surface area contributed by atoms with Gasteiger partial charge in [-0.15, -0.1) is 11.8 Å². The number of carbonyl (C=O) groups excluding carboxylic acids is 1. The van der Waals surface area contributed by atoms with Crippen LogP contribution in [0.15, 0.2) is 105 Å². The predicted molar refractivity (Wildman–Crippen MR) is 132 cm³/mol. The third-order valence-electron chi connectivity index (χ3n) is 5.29. The fraction of sp³-hybridized carbons (Fsp3) is 0.0370. The fourth-order valence-corrected chi connectivity index (χ4v) is 4.51. The van der Waals surface area contributed by atoms with E-state index in [0.29, 0.717) is 28.2 Å². The van der Waals surface area contributed by atoms with Crippen LogP contribution in [0.25, 0.3) is 21.7 Å². The number of rotatable bonds is 5. The summed E-state index contributed by atoms with van der Waals surface area (Å²) in [6.07, 6.45) is 0. The minimum atomic E-state index is -0.429. The summed E-state index contributed by atoms with van der Waals surface area (Å²) < 4.78 is 5.33. The summed E-state index contributed by atoms with van der Waals surface area (Å²) in [4.78, 5) is 26.0. The molecule has 0 aliphatic rings. The van der Waals surface area contributed by atoms with Gasteiger partial charge in [0.1, 0.15) is 11.3 Å². The molecule has 0 saturated carbocycles. The molecule has 162 valence electrons. The molecule has 0 aliphatic heterocycles. The molecule has 2 N–H and O–H groups in total. The van der Waals surface area contributed by atoms with E-state index in [1.807, 2.05) is 66.7 Å². The van der Waals surface area contributed by atoms with Gasteiger partial charge in [-0.05, 0) is 59.3 Å². The average Bonchev–Trinajstić information content (AvgIpc) is 2.82. The summed E-state index contributed by atoms with van der Waals surface area (Å²) in [5.41, 5.74) is 1.73. The molecule has 5 nitrogen and oxygen atoms in total. The van der Waals surface area contributed by atoms with Gasteiger partial charge in [0, 0.05) is 38.9 Å². The Balaban J connectivity index is 1.30. The van der Waals surface area contributed by atoms with Crippen LogP contribution in [-0.2, 0) is 5.75 Å². The highest BCUT2D eigenvalue weighted by atomic mass is 32.2. The normalized spacial score (nSPS) is 11.0. The van der Waals surface area contributed by atoms with E-state index in [9.17, 15) is 14.7 Å². The molecule has 0 spiro atoms. The van der Waals surface area contributed by atoms with Gasteiger partial charge in [0.25, 0.3) is 5.91 Å². The molecule has 33 heavy (non-hydrogen) atoms. The van der Waals surface area contributed by atoms with Gasteiger partial charge in [-0.3, -0.25) is 4.79 Å². The molecule has 0 saturated heterocycles. The summed E-state index contributed by atoms with van der Waals surface area (Å²) in [6.45, 7) is 0. The minimum Gasteiger partial charge on any atom is -0.508 e. The number of amides is 1. The molecule has 1 amide bonds. The molecule has 1 aromatic heterocycles. The summed E-state index contributed by atoms with van der Waals surface area (Å²) in [5.74, 6) is 0.290. The Morgan fingerprint density at radius 2 is 1.67 bits per heavy atom. The minimum absolute atomic E-state index is 0.0512. The summed E-state index contributed by atoms with van der Waals surface area (Å²) in [6, 6.07) is 27.5. The lowest BCUT2D eigenvalue weighted by molar-refractivity contribution is 0.102. The van der Waals surface area contributed by atoms with Crippen molar-refractivity contribution in [3.05, 3.63) is 113 Å². The van der Waals surface area contributed by atoms with E-state index in [1.54, 1.807) is 18.2 Å². The zero-order valence-electron chi connectivity index (χ0n) is 17.4. The van der Waals surface area contributed by atoms with E-state index in [1.165, 1.54) is 17.8 Å². The van der Waals surface area contributed by atoms with Gasteiger partial charge in [-0.2, -0.15) is 0 Å². The Bertz CT molecular complexity index is 1560. The first kappa shape index (κ1) is 20.8. The number of phenols is 1. The maximum absolute atomic E-state index is 12.8. The van der Waals surface area contributed by atoms with Crippen molar-refractivity contribution >= 4 is 45.1 Å². The molecule has 5 rings (SSSR count). The van der Waals surface area contributed by atoms with Crippen molar-refractivity contribution in [2.75, 3.05) is 5.32 Å². The zero-order chi connectivity index (χ0) is 22.8. The third kappa shape index (κ3) is 4.61. The summed E-state index contributed by atoms with van der Waals surface area (Å²) in [7, 11) is 0. The molecule has 5 aromatic rings. The second-order valence-electron chi connectivity index (χ2n) is 7.61. The van der Waals surface area contributed by atoms with Crippen molar-refractivity contribution in [2.24, 2.45) is 0 Å². The average molecular weight is 454 g/mol. The highest BCUT2D eigenvalue weighted by Crippen LogP contribution is 2.27. The van der Waals surface area contributed by atoms with Gasteiger partial charge in [-0.1, -0.05) is 36.4 Å². The first-order chi connectivity index (χ1) is 16.0. The van der Waals surface area contributed by atoms with Gasteiger partial charge in [0.05, 0.1) is 0 Å². The van der Waals surface area contributed by atoms with Gasteiger partial charge in [0.15, 0.2) is 0 Å². The fourth-order valence-electron chi connectivity index (χ4n) is 3.60. The quantitative estimate of drug-likeness (QED) is 0.245. The molecule has 0 radical (unpaired) electrons. The van der Waals surface area contributed by atoms with Crippen LogP contribution in [0.3, 0.4) is 0 Å². The van der Waals surface area contributed by atoms with Crippen LogP contribution in [0.5, 0.6) is 5.75 Å². The standard InChI is InChI=1S/C27H19NO4S/c29-23-11-10-19-13-21(27(31)32-25(19)15-23)16-33-24-7-3-6-22(14-24)28-26(30)20-9-8-17-4-1-2-5-18(17)12-20/h1-15,29H,16H2,(H,28,30). The Hall–Kier alpha value is -4.03. The Morgan fingerprint density at radius 1 is 0.848 bits per heavy atom. The number of nitrogens with one attached hydrogen (secondary N) is 1. The van der Waals surface area contributed by atoms with Crippen molar-refractivity contribution in [1.29, 1.82) is 0 Å². The lowest BCUT2D eigenvalue weighted by atomic mass is 10.1. The summed E-state index contributed by atoms with van der Waals surface area (Å²) in [5, 5.41) is 15.3. The van der Waals surface area contributed by atoms with Crippen LogP contribution in [0.2, 0.25) is 0 Å². The van der Waals surface area contributed by atoms with E-state index in [0.717, 1.165) is 21.1 Å². The van der Waals surface area contributed by atoms with Gasteiger partial charge < -0.3 is 14.8 Å². The Kier molecular flexibility index (Phi) is 5.59. The molecular weight excluding hydrogens is 434 g/mol. The zero-order valence-corrected chi connectivity index (χ0v) is 18.3. The number of fused-ring (bicyclic) bond motifs is 2. The lowest BCUT2D eigenvalue weighted by Gasteiger charge is -2.08. The number of thioether (sulfide) groups is 1. The van der Waals surface area contributed by atoms with Crippen molar-refractivity contribution in [3.63, 3.8) is 0 Å². The Morgan fingerprint density at radius 3 is 2.55 bits per heavy atom. The van der Waals surface area contributed by atoms with Crippen LogP contribution < -0.4 is 10.9 Å². The number of aromatic hydroxyl groups is 1.